The predicted octanol–water partition coefficient (Wildman–Crippen LogP) is 11.6. The van der Waals surface area contributed by atoms with E-state index in [2.05, 4.69) is 49.4 Å². The molecule has 7 nitrogen and oxygen atoms in total. The van der Waals surface area contributed by atoms with E-state index in [0.29, 0.717) is 44.5 Å². The third-order valence-electron chi connectivity index (χ3n) is 11.0. The minimum atomic E-state index is -0.465. The summed E-state index contributed by atoms with van der Waals surface area (Å²) >= 11 is 0. The smallest absolute Gasteiger partial charge is 0.305 e. The van der Waals surface area contributed by atoms with E-state index in [1.807, 2.05) is 6.08 Å². The first-order valence-corrected chi connectivity index (χ1v) is 22.1. The predicted molar refractivity (Wildman–Crippen MR) is 217 cm³/mol. The molecule has 0 aromatic rings. The Morgan fingerprint density at radius 3 is 1.94 bits per heavy atom. The van der Waals surface area contributed by atoms with Gasteiger partial charge in [0, 0.05) is 32.2 Å². The zero-order valence-corrected chi connectivity index (χ0v) is 34.5. The topological polar surface area (TPSA) is 74.3 Å². The number of unbranched alkanes of at least 4 members (excludes halogenated alkanes) is 12. The highest BCUT2D eigenvalue weighted by molar-refractivity contribution is 5.69. The molecule has 0 N–H and O–H groups in total. The van der Waals surface area contributed by atoms with Crippen LogP contribution in [-0.2, 0) is 28.5 Å². The average Bonchev–Trinajstić information content (AvgIpc) is 3.81. The number of carbonyl (C=O) groups excluding carboxylic acids is 2. The average molecular weight is 742 g/mol. The molecule has 0 aromatic carbocycles. The van der Waals surface area contributed by atoms with Gasteiger partial charge in [-0.2, -0.15) is 0 Å². The highest BCUT2D eigenvalue weighted by atomic mass is 16.7. The number of hydrogen-bond donors (Lipinski definition) is 0. The molecule has 2 aliphatic heterocycles. The van der Waals surface area contributed by atoms with Crippen LogP contribution in [-0.4, -0.2) is 68.2 Å². The Kier molecular flexibility index (Phi) is 27.6. The van der Waals surface area contributed by atoms with Crippen molar-refractivity contribution in [2.45, 2.75) is 200 Å². The van der Waals surface area contributed by atoms with Crippen molar-refractivity contribution in [2.75, 3.05) is 39.5 Å². The van der Waals surface area contributed by atoms with Gasteiger partial charge in [-0.15, -0.1) is 0 Å². The molecular weight excluding hydrogens is 663 g/mol. The molecular formula is C46H79NO6. The molecule has 2 saturated heterocycles. The van der Waals surface area contributed by atoms with E-state index in [-0.39, 0.29) is 18.0 Å². The number of hydrogen-bond acceptors (Lipinski definition) is 7. The molecule has 0 bridgehead atoms. The molecule has 0 saturated carbocycles. The van der Waals surface area contributed by atoms with Crippen LogP contribution in [0.2, 0.25) is 0 Å². The fourth-order valence-electron chi connectivity index (χ4n) is 7.64. The Balaban J connectivity index is 1.62. The lowest BCUT2D eigenvalue weighted by atomic mass is 9.98. The first kappa shape index (κ1) is 47.1. The van der Waals surface area contributed by atoms with Gasteiger partial charge in [0.15, 0.2) is 5.79 Å². The highest BCUT2D eigenvalue weighted by Crippen LogP contribution is 2.35. The third kappa shape index (κ3) is 24.1. The minimum Gasteiger partial charge on any atom is -0.466 e. The zero-order chi connectivity index (χ0) is 38.2. The molecule has 0 radical (unpaired) electrons. The Bertz CT molecular complexity index is 1070. The van der Waals surface area contributed by atoms with Gasteiger partial charge in [-0.3, -0.25) is 9.59 Å². The van der Waals surface area contributed by atoms with E-state index in [0.717, 1.165) is 103 Å². The van der Waals surface area contributed by atoms with Crippen molar-refractivity contribution >= 4 is 11.9 Å². The van der Waals surface area contributed by atoms with E-state index in [1.165, 1.54) is 70.9 Å². The van der Waals surface area contributed by atoms with E-state index in [1.54, 1.807) is 0 Å². The van der Waals surface area contributed by atoms with Gasteiger partial charge >= 0.3 is 11.9 Å². The number of likely N-dealkylation sites (tertiary alicyclic amines) is 1. The lowest BCUT2D eigenvalue weighted by molar-refractivity contribution is -0.180. The van der Waals surface area contributed by atoms with Crippen LogP contribution in [0.25, 0.3) is 0 Å². The number of esters is 2. The maximum atomic E-state index is 12.4. The molecule has 0 spiro atoms. The second-order valence-corrected chi connectivity index (χ2v) is 16.0. The molecule has 304 valence electrons. The summed E-state index contributed by atoms with van der Waals surface area (Å²) < 4.78 is 24.3. The third-order valence-corrected chi connectivity index (χ3v) is 11.0. The Morgan fingerprint density at radius 2 is 1.34 bits per heavy atom. The van der Waals surface area contributed by atoms with Gasteiger partial charge in [-0.25, -0.2) is 0 Å². The van der Waals surface area contributed by atoms with Crippen LogP contribution in [0, 0.1) is 11.8 Å². The summed E-state index contributed by atoms with van der Waals surface area (Å²) in [5, 5.41) is 0. The van der Waals surface area contributed by atoms with E-state index < -0.39 is 5.79 Å². The van der Waals surface area contributed by atoms with Crippen LogP contribution in [0.1, 0.15) is 188 Å². The van der Waals surface area contributed by atoms with Crippen LogP contribution in [0.3, 0.4) is 0 Å². The van der Waals surface area contributed by atoms with Gasteiger partial charge in [-0.1, -0.05) is 116 Å². The molecule has 2 fully saturated rings. The summed E-state index contributed by atoms with van der Waals surface area (Å²) in [4.78, 5) is 27.1. The van der Waals surface area contributed by atoms with Gasteiger partial charge in [0.05, 0.1) is 25.9 Å². The van der Waals surface area contributed by atoms with E-state index >= 15 is 0 Å². The Hall–Kier alpha value is -2.10. The van der Waals surface area contributed by atoms with Crippen LogP contribution in [0.5, 0.6) is 0 Å². The summed E-state index contributed by atoms with van der Waals surface area (Å²) in [6.07, 6.45) is 29.6. The highest BCUT2D eigenvalue weighted by Gasteiger charge is 2.41. The van der Waals surface area contributed by atoms with Crippen LogP contribution >= 0.6 is 0 Å². The van der Waals surface area contributed by atoms with E-state index in [9.17, 15) is 9.59 Å². The van der Waals surface area contributed by atoms with Crippen LogP contribution in [0.4, 0.5) is 0 Å². The van der Waals surface area contributed by atoms with Crippen molar-refractivity contribution in [2.24, 2.45) is 11.8 Å². The number of rotatable bonds is 33. The first-order chi connectivity index (χ1) is 25.9. The monoisotopic (exact) mass is 742 g/mol. The molecule has 0 aliphatic carbocycles. The second-order valence-electron chi connectivity index (χ2n) is 16.0. The number of carbonyl (C=O) groups is 2. The van der Waals surface area contributed by atoms with Gasteiger partial charge < -0.3 is 23.8 Å². The molecule has 4 atom stereocenters. The largest absolute Gasteiger partial charge is 0.466 e. The fourth-order valence-corrected chi connectivity index (χ4v) is 7.64. The molecule has 2 rings (SSSR count). The van der Waals surface area contributed by atoms with Crippen molar-refractivity contribution in [3.63, 3.8) is 0 Å². The lowest BCUT2D eigenvalue weighted by Crippen LogP contribution is -2.35. The summed E-state index contributed by atoms with van der Waals surface area (Å²) in [5.74, 6) is 0.379. The molecule has 4 unspecified atom stereocenters. The Morgan fingerprint density at radius 1 is 0.774 bits per heavy atom. The van der Waals surface area contributed by atoms with Crippen molar-refractivity contribution in [3.05, 3.63) is 29.8 Å². The second kappa shape index (κ2) is 31.1. The molecule has 0 aromatic heterocycles. The van der Waals surface area contributed by atoms with Crippen molar-refractivity contribution in [1.82, 2.24) is 4.90 Å². The van der Waals surface area contributed by atoms with Crippen molar-refractivity contribution in [1.29, 1.82) is 0 Å². The molecule has 7 heteroatoms. The zero-order valence-electron chi connectivity index (χ0n) is 34.5. The maximum Gasteiger partial charge on any atom is 0.305 e. The summed E-state index contributed by atoms with van der Waals surface area (Å²) in [7, 11) is 0. The SMILES string of the molecule is C=C=C=C=CC(CCCCC)CCOC(=O)CCCCCCCC1(CCCCCCCC(=O)OCCC(C)CCCCC)OCC(CN2CCCC2)O1. The van der Waals surface area contributed by atoms with Gasteiger partial charge in [0.1, 0.15) is 0 Å². The molecule has 53 heavy (non-hydrogen) atoms. The van der Waals surface area contributed by atoms with Crippen LogP contribution < -0.4 is 0 Å². The lowest BCUT2D eigenvalue weighted by Gasteiger charge is -2.29. The summed E-state index contributed by atoms with van der Waals surface area (Å²) in [6, 6.07) is 0. The number of allylic oxidation sites excluding steroid dienone is 1. The quantitative estimate of drug-likeness (QED) is 0.0376. The fraction of sp³-hybridized carbons (Fsp3) is 0.848. The van der Waals surface area contributed by atoms with Crippen molar-refractivity contribution < 1.29 is 28.5 Å². The maximum absolute atomic E-state index is 12.4. The minimum absolute atomic E-state index is 0.0391. The number of ether oxygens (including phenoxy) is 4. The van der Waals surface area contributed by atoms with Gasteiger partial charge in [0.2, 0.25) is 0 Å². The summed E-state index contributed by atoms with van der Waals surface area (Å²) in [5.41, 5.74) is 8.40. The van der Waals surface area contributed by atoms with Crippen molar-refractivity contribution in [3.8, 4) is 0 Å². The Labute approximate surface area is 325 Å². The van der Waals surface area contributed by atoms with Gasteiger partial charge in [0.25, 0.3) is 0 Å². The molecule has 2 aliphatic rings. The molecule has 2 heterocycles. The molecule has 0 amide bonds. The first-order valence-electron chi connectivity index (χ1n) is 22.1. The van der Waals surface area contributed by atoms with Gasteiger partial charge in [-0.05, 0) is 101 Å². The van der Waals surface area contributed by atoms with E-state index in [4.69, 9.17) is 18.9 Å². The van der Waals surface area contributed by atoms with Crippen LogP contribution in [0.15, 0.2) is 29.8 Å². The number of nitrogens with zero attached hydrogens (tertiary/aromatic N) is 1. The normalized spacial score (nSPS) is 19.6. The standard InChI is InChI=1S/C46H79NO6/c1-5-8-17-26-41(4)31-37-50-44(48)29-20-13-11-15-22-33-46(52-40-43(53-46)39-47-35-24-25-36-47)34-23-16-12-14-21-30-45(49)51-38-32-42(27-18-9-6-2)28-19-10-7-3/h27,41-43H,2,5,7-8,10-17,19-26,28-40H2,1,3-4H3. The summed E-state index contributed by atoms with van der Waals surface area (Å²) in [6.45, 7) is 15.3.